The second-order valence-electron chi connectivity index (χ2n) is 8.00. The zero-order valence-corrected chi connectivity index (χ0v) is 15.9. The van der Waals surface area contributed by atoms with Crippen LogP contribution < -0.4 is 5.56 Å². The lowest BCUT2D eigenvalue weighted by atomic mass is 9.98. The lowest BCUT2D eigenvalue weighted by Gasteiger charge is -2.32. The Kier molecular flexibility index (Phi) is 4.12. The molecule has 0 spiro atoms. The molecule has 2 aliphatic rings. The van der Waals surface area contributed by atoms with Crippen molar-refractivity contribution in [3.05, 3.63) is 82.5 Å². The molecule has 1 aromatic carbocycles. The van der Waals surface area contributed by atoms with Gasteiger partial charge in [-0.05, 0) is 54.7 Å². The van der Waals surface area contributed by atoms with Gasteiger partial charge in [0.25, 0.3) is 5.56 Å². The van der Waals surface area contributed by atoms with E-state index in [0.717, 1.165) is 24.0 Å². The zero-order valence-electron chi connectivity index (χ0n) is 15.9. The second-order valence-corrected chi connectivity index (χ2v) is 8.00. The van der Waals surface area contributed by atoms with E-state index in [1.807, 2.05) is 15.7 Å². The van der Waals surface area contributed by atoms with Crippen molar-refractivity contribution >= 4 is 5.91 Å². The Balaban J connectivity index is 1.40. The Hall–Kier alpha value is -3.22. The average Bonchev–Trinajstić information content (AvgIpc) is 3.32. The highest BCUT2D eigenvalue weighted by atomic mass is 19.1. The number of hydrogen-bond acceptors (Lipinski definition) is 3. The van der Waals surface area contributed by atoms with Crippen molar-refractivity contribution in [2.75, 3.05) is 6.54 Å². The van der Waals surface area contributed by atoms with E-state index >= 15 is 0 Å². The molecule has 1 aliphatic carbocycles. The number of fused-ring (bicyclic) bond motifs is 1. The standard InChI is InChI=1S/C22H21FN4O2/c23-18-1-3-19(4-2-18)27-13-17-12-26(9-5-16(17)11-20(27)28)21(29)22(6-7-22)14-25-10-8-24-15-25/h1-4,8,10-11,13,15H,5-7,9,12,14H2. The highest BCUT2D eigenvalue weighted by Crippen LogP contribution is 2.49. The number of pyridine rings is 1. The van der Waals surface area contributed by atoms with Crippen molar-refractivity contribution in [3.8, 4) is 5.69 Å². The predicted octanol–water partition coefficient (Wildman–Crippen LogP) is 2.54. The molecule has 0 radical (unpaired) electrons. The van der Waals surface area contributed by atoms with Gasteiger partial charge in [0.15, 0.2) is 0 Å². The summed E-state index contributed by atoms with van der Waals surface area (Å²) < 4.78 is 16.7. The minimum atomic E-state index is -0.343. The number of benzene rings is 1. The fourth-order valence-corrected chi connectivity index (χ4v) is 4.16. The van der Waals surface area contributed by atoms with Gasteiger partial charge in [-0.1, -0.05) is 0 Å². The maximum Gasteiger partial charge on any atom is 0.255 e. The molecule has 29 heavy (non-hydrogen) atoms. The van der Waals surface area contributed by atoms with E-state index in [-0.39, 0.29) is 22.7 Å². The molecule has 0 N–H and O–H groups in total. The zero-order chi connectivity index (χ0) is 20.0. The lowest BCUT2D eigenvalue weighted by Crippen LogP contribution is -2.42. The molecular weight excluding hydrogens is 371 g/mol. The molecule has 0 saturated heterocycles. The topological polar surface area (TPSA) is 60.1 Å². The van der Waals surface area contributed by atoms with Crippen LogP contribution in [0.1, 0.15) is 24.0 Å². The minimum absolute atomic E-state index is 0.145. The van der Waals surface area contributed by atoms with Gasteiger partial charge in [-0.15, -0.1) is 0 Å². The van der Waals surface area contributed by atoms with Crippen molar-refractivity contribution in [2.45, 2.75) is 32.4 Å². The first-order chi connectivity index (χ1) is 14.0. The molecule has 0 atom stereocenters. The van der Waals surface area contributed by atoms with E-state index < -0.39 is 0 Å². The molecule has 6 nitrogen and oxygen atoms in total. The van der Waals surface area contributed by atoms with E-state index in [9.17, 15) is 14.0 Å². The molecule has 1 saturated carbocycles. The van der Waals surface area contributed by atoms with E-state index in [2.05, 4.69) is 4.98 Å². The molecule has 1 amide bonds. The maximum absolute atomic E-state index is 13.3. The average molecular weight is 392 g/mol. The third kappa shape index (κ3) is 3.26. The summed E-state index contributed by atoms with van der Waals surface area (Å²) in [5, 5.41) is 0. The smallest absolute Gasteiger partial charge is 0.255 e. The Labute approximate surface area is 167 Å². The van der Waals surface area contributed by atoms with Gasteiger partial charge in [0.2, 0.25) is 5.91 Å². The third-order valence-corrected chi connectivity index (χ3v) is 5.99. The number of rotatable bonds is 4. The molecule has 3 heterocycles. The first-order valence-corrected chi connectivity index (χ1v) is 9.80. The van der Waals surface area contributed by atoms with Crippen LogP contribution in [0.25, 0.3) is 5.69 Å². The van der Waals surface area contributed by atoms with Gasteiger partial charge in [-0.25, -0.2) is 9.37 Å². The van der Waals surface area contributed by atoms with E-state index in [1.54, 1.807) is 36.9 Å². The van der Waals surface area contributed by atoms with Crippen molar-refractivity contribution in [1.29, 1.82) is 0 Å². The van der Waals surface area contributed by atoms with Gasteiger partial charge in [-0.3, -0.25) is 14.2 Å². The van der Waals surface area contributed by atoms with Gasteiger partial charge in [-0.2, -0.15) is 0 Å². The Morgan fingerprint density at radius 1 is 1.17 bits per heavy atom. The summed E-state index contributed by atoms with van der Waals surface area (Å²) >= 11 is 0. The van der Waals surface area contributed by atoms with Crippen LogP contribution in [0.2, 0.25) is 0 Å². The number of hydrogen-bond donors (Lipinski definition) is 0. The van der Waals surface area contributed by atoms with Crippen molar-refractivity contribution in [2.24, 2.45) is 5.41 Å². The number of aromatic nitrogens is 3. The normalized spacial score (nSPS) is 17.1. The number of carbonyl (C=O) groups excluding carboxylic acids is 1. The van der Waals surface area contributed by atoms with E-state index in [1.165, 1.54) is 16.7 Å². The highest BCUT2D eigenvalue weighted by molar-refractivity contribution is 5.85. The summed E-state index contributed by atoms with van der Waals surface area (Å²) in [6.45, 7) is 1.77. The molecule has 0 unspecified atom stereocenters. The fourth-order valence-electron chi connectivity index (χ4n) is 4.16. The van der Waals surface area contributed by atoms with Crippen molar-refractivity contribution < 1.29 is 9.18 Å². The summed E-state index contributed by atoms with van der Waals surface area (Å²) in [5.41, 5.74) is 2.09. The van der Waals surface area contributed by atoms with Crippen LogP contribution in [0.15, 0.2) is 60.0 Å². The van der Waals surface area contributed by atoms with Crippen LogP contribution in [-0.4, -0.2) is 31.5 Å². The van der Waals surface area contributed by atoms with Crippen LogP contribution in [0.5, 0.6) is 0 Å². The van der Waals surface area contributed by atoms with Crippen LogP contribution in [-0.2, 0) is 24.3 Å². The first-order valence-electron chi connectivity index (χ1n) is 9.80. The molecule has 0 bridgehead atoms. The number of carbonyl (C=O) groups is 1. The van der Waals surface area contributed by atoms with Crippen molar-refractivity contribution in [3.63, 3.8) is 0 Å². The number of amides is 1. The van der Waals surface area contributed by atoms with Gasteiger partial charge >= 0.3 is 0 Å². The van der Waals surface area contributed by atoms with Crippen LogP contribution in [0.4, 0.5) is 4.39 Å². The van der Waals surface area contributed by atoms with E-state index in [0.29, 0.717) is 31.7 Å². The Morgan fingerprint density at radius 2 is 1.97 bits per heavy atom. The fraction of sp³-hybridized carbons (Fsp3) is 0.318. The predicted molar refractivity (Wildman–Crippen MR) is 105 cm³/mol. The monoisotopic (exact) mass is 392 g/mol. The van der Waals surface area contributed by atoms with Crippen LogP contribution in [0.3, 0.4) is 0 Å². The number of nitrogens with zero attached hydrogens (tertiary/aromatic N) is 4. The van der Waals surface area contributed by atoms with Crippen molar-refractivity contribution in [1.82, 2.24) is 19.0 Å². The molecule has 3 aromatic rings. The maximum atomic E-state index is 13.3. The largest absolute Gasteiger partial charge is 0.337 e. The number of halogens is 1. The summed E-state index contributed by atoms with van der Waals surface area (Å²) in [5.74, 6) is -0.166. The van der Waals surface area contributed by atoms with Crippen LogP contribution in [0, 0.1) is 11.2 Å². The lowest BCUT2D eigenvalue weighted by molar-refractivity contribution is -0.138. The summed E-state index contributed by atoms with van der Waals surface area (Å²) in [7, 11) is 0. The molecular formula is C22H21FN4O2. The summed E-state index contributed by atoms with van der Waals surface area (Å²) in [6.07, 6.45) is 9.61. The SMILES string of the molecule is O=C(N1CCc2cc(=O)n(-c3ccc(F)cc3)cc2C1)C1(Cn2ccnc2)CC1. The summed E-state index contributed by atoms with van der Waals surface area (Å²) in [4.78, 5) is 31.8. The second kappa shape index (κ2) is 6.69. The third-order valence-electron chi connectivity index (χ3n) is 5.99. The van der Waals surface area contributed by atoms with E-state index in [4.69, 9.17) is 0 Å². The van der Waals surface area contributed by atoms with Gasteiger partial charge < -0.3 is 9.47 Å². The molecule has 2 aromatic heterocycles. The molecule has 5 rings (SSSR count). The van der Waals surface area contributed by atoms with Crippen LogP contribution >= 0.6 is 0 Å². The Bertz CT molecular complexity index is 1110. The van der Waals surface area contributed by atoms with Gasteiger partial charge in [0.05, 0.1) is 11.7 Å². The quantitative estimate of drug-likeness (QED) is 0.686. The minimum Gasteiger partial charge on any atom is -0.337 e. The molecule has 7 heteroatoms. The molecule has 1 fully saturated rings. The number of imidazole rings is 1. The highest BCUT2D eigenvalue weighted by Gasteiger charge is 2.52. The van der Waals surface area contributed by atoms with Gasteiger partial charge in [0.1, 0.15) is 5.82 Å². The first kappa shape index (κ1) is 17.8. The summed E-state index contributed by atoms with van der Waals surface area (Å²) in [6, 6.07) is 7.48. The van der Waals surface area contributed by atoms with Gasteiger partial charge in [0, 0.05) is 50.0 Å². The molecule has 1 aliphatic heterocycles. The molecule has 148 valence electrons. The Morgan fingerprint density at radius 3 is 2.66 bits per heavy atom.